The Hall–Kier alpha value is -2.24. The van der Waals surface area contributed by atoms with E-state index in [-0.39, 0.29) is 0 Å². The molecular formula is C26H32N4S. The summed E-state index contributed by atoms with van der Waals surface area (Å²) < 4.78 is 0. The highest BCUT2D eigenvalue weighted by atomic mass is 32.1. The zero-order valence-electron chi connectivity index (χ0n) is 18.6. The Kier molecular flexibility index (Phi) is 6.06. The molecule has 1 aliphatic carbocycles. The average Bonchev–Trinajstić information content (AvgIpc) is 3.31. The van der Waals surface area contributed by atoms with Crippen molar-refractivity contribution in [3.63, 3.8) is 0 Å². The fraction of sp³-hybridized carbons (Fsp3) is 0.462. The second-order valence-corrected chi connectivity index (χ2v) is 10.2. The van der Waals surface area contributed by atoms with Crippen molar-refractivity contribution in [2.75, 3.05) is 31.1 Å². The minimum absolute atomic E-state index is 0.820. The van der Waals surface area contributed by atoms with Gasteiger partial charge in [-0.1, -0.05) is 48.1 Å². The van der Waals surface area contributed by atoms with Crippen molar-refractivity contribution >= 4 is 17.0 Å². The zero-order valence-corrected chi connectivity index (χ0v) is 19.4. The van der Waals surface area contributed by atoms with Gasteiger partial charge in [0, 0.05) is 49.0 Å². The van der Waals surface area contributed by atoms with E-state index in [9.17, 15) is 0 Å². The molecule has 1 saturated carbocycles. The van der Waals surface area contributed by atoms with Crippen LogP contribution in [0.1, 0.15) is 38.2 Å². The minimum atomic E-state index is 0.820. The lowest BCUT2D eigenvalue weighted by atomic mass is 9.86. The van der Waals surface area contributed by atoms with Gasteiger partial charge in [0.25, 0.3) is 0 Å². The number of rotatable bonds is 4. The summed E-state index contributed by atoms with van der Waals surface area (Å²) in [5, 5.41) is 10.8. The van der Waals surface area contributed by atoms with Crippen LogP contribution in [0.5, 0.6) is 0 Å². The maximum atomic E-state index is 4.44. The van der Waals surface area contributed by atoms with Gasteiger partial charge in [-0.15, -0.1) is 10.2 Å². The van der Waals surface area contributed by atoms with Gasteiger partial charge in [0.1, 0.15) is 10.0 Å². The number of piperazine rings is 1. The van der Waals surface area contributed by atoms with Crippen LogP contribution in [0.2, 0.25) is 0 Å². The number of nitrogens with zero attached hydrogens (tertiary/aromatic N) is 4. The SMILES string of the molecule is Cc1ccc(-c2nnc(-c3ccc(N4CCN(C5CCC(C)CC5)CC4)cc3)s2)cc1. The molecule has 31 heavy (non-hydrogen) atoms. The Bertz CT molecular complexity index is 979. The lowest BCUT2D eigenvalue weighted by Gasteiger charge is -2.42. The summed E-state index contributed by atoms with van der Waals surface area (Å²) >= 11 is 1.66. The van der Waals surface area contributed by atoms with Crippen molar-refractivity contribution in [2.24, 2.45) is 5.92 Å². The summed E-state index contributed by atoms with van der Waals surface area (Å²) in [6, 6.07) is 18.2. The number of aromatic nitrogens is 2. The van der Waals surface area contributed by atoms with Gasteiger partial charge in [-0.25, -0.2) is 0 Å². The number of aryl methyl sites for hydroxylation is 1. The quantitative estimate of drug-likeness (QED) is 0.515. The first-order valence-corrected chi connectivity index (χ1v) is 12.5. The van der Waals surface area contributed by atoms with Crippen molar-refractivity contribution in [1.29, 1.82) is 0 Å². The van der Waals surface area contributed by atoms with Gasteiger partial charge < -0.3 is 4.90 Å². The largest absolute Gasteiger partial charge is 0.369 e. The van der Waals surface area contributed by atoms with Crippen LogP contribution < -0.4 is 4.90 Å². The second kappa shape index (κ2) is 9.09. The molecule has 1 aliphatic heterocycles. The normalized spacial score (nSPS) is 22.6. The number of hydrogen-bond donors (Lipinski definition) is 0. The van der Waals surface area contributed by atoms with Gasteiger partial charge in [0.05, 0.1) is 0 Å². The van der Waals surface area contributed by atoms with Crippen molar-refractivity contribution in [2.45, 2.75) is 45.6 Å². The molecule has 162 valence electrons. The fourth-order valence-electron chi connectivity index (χ4n) is 4.92. The van der Waals surface area contributed by atoms with Gasteiger partial charge in [0.15, 0.2) is 0 Å². The topological polar surface area (TPSA) is 32.3 Å². The zero-order chi connectivity index (χ0) is 21.2. The predicted octanol–water partition coefficient (Wildman–Crippen LogP) is 5.88. The van der Waals surface area contributed by atoms with Crippen molar-refractivity contribution in [1.82, 2.24) is 15.1 Å². The number of hydrogen-bond acceptors (Lipinski definition) is 5. The summed E-state index contributed by atoms with van der Waals surface area (Å²) in [6.07, 6.45) is 5.59. The highest BCUT2D eigenvalue weighted by Gasteiger charge is 2.27. The summed E-state index contributed by atoms with van der Waals surface area (Å²) in [7, 11) is 0. The summed E-state index contributed by atoms with van der Waals surface area (Å²) in [6.45, 7) is 9.15. The van der Waals surface area contributed by atoms with Crippen LogP contribution in [0.15, 0.2) is 48.5 Å². The first kappa shape index (κ1) is 20.7. The molecule has 2 heterocycles. The van der Waals surface area contributed by atoms with E-state index >= 15 is 0 Å². The Morgan fingerprint density at radius 3 is 1.87 bits per heavy atom. The van der Waals surface area contributed by atoms with E-state index in [0.717, 1.165) is 46.2 Å². The monoisotopic (exact) mass is 432 g/mol. The summed E-state index contributed by atoms with van der Waals surface area (Å²) in [5.41, 5.74) is 4.87. The maximum Gasteiger partial charge on any atom is 0.148 e. The smallest absolute Gasteiger partial charge is 0.148 e. The Balaban J connectivity index is 1.20. The van der Waals surface area contributed by atoms with Crippen LogP contribution in [0.4, 0.5) is 5.69 Å². The molecule has 5 heteroatoms. The van der Waals surface area contributed by atoms with Crippen LogP contribution in [0.3, 0.4) is 0 Å². The third-order valence-corrected chi connectivity index (χ3v) is 8.04. The van der Waals surface area contributed by atoms with Gasteiger partial charge in [0.2, 0.25) is 0 Å². The number of anilines is 1. The van der Waals surface area contributed by atoms with Crippen LogP contribution in [-0.4, -0.2) is 47.3 Å². The van der Waals surface area contributed by atoms with Crippen molar-refractivity contribution in [3.05, 3.63) is 54.1 Å². The minimum Gasteiger partial charge on any atom is -0.369 e. The van der Waals surface area contributed by atoms with Crippen molar-refractivity contribution < 1.29 is 0 Å². The molecule has 0 atom stereocenters. The highest BCUT2D eigenvalue weighted by Crippen LogP contribution is 2.32. The van der Waals surface area contributed by atoms with E-state index in [1.165, 1.54) is 50.0 Å². The molecule has 4 nitrogen and oxygen atoms in total. The third-order valence-electron chi connectivity index (χ3n) is 7.02. The van der Waals surface area contributed by atoms with Crippen LogP contribution in [0.25, 0.3) is 21.1 Å². The third kappa shape index (κ3) is 4.68. The lowest BCUT2D eigenvalue weighted by Crippen LogP contribution is -2.51. The van der Waals surface area contributed by atoms with Crippen LogP contribution in [-0.2, 0) is 0 Å². The molecule has 2 aromatic carbocycles. The predicted molar refractivity (Wildman–Crippen MR) is 131 cm³/mol. The fourth-order valence-corrected chi connectivity index (χ4v) is 5.77. The standard InChI is InChI=1S/C26H32N4S/c1-19-3-7-21(8-4-19)25-27-28-26(31-25)22-9-13-24(14-10-22)30-17-15-29(16-18-30)23-11-5-20(2)6-12-23/h3-4,7-10,13-14,20,23H,5-6,11-12,15-18H2,1-2H3. The van der Waals surface area contributed by atoms with E-state index < -0.39 is 0 Å². The average molecular weight is 433 g/mol. The van der Waals surface area contributed by atoms with Gasteiger partial charge >= 0.3 is 0 Å². The van der Waals surface area contributed by atoms with E-state index in [2.05, 4.69) is 82.4 Å². The maximum absolute atomic E-state index is 4.44. The Morgan fingerprint density at radius 2 is 1.29 bits per heavy atom. The lowest BCUT2D eigenvalue weighted by molar-refractivity contribution is 0.133. The van der Waals surface area contributed by atoms with Crippen molar-refractivity contribution in [3.8, 4) is 21.1 Å². The summed E-state index contributed by atoms with van der Waals surface area (Å²) in [5.74, 6) is 0.928. The van der Waals surface area contributed by atoms with Gasteiger partial charge in [-0.2, -0.15) is 0 Å². The van der Waals surface area contributed by atoms with Gasteiger partial charge in [-0.3, -0.25) is 4.90 Å². The first-order valence-electron chi connectivity index (χ1n) is 11.7. The Labute approximate surface area is 189 Å². The molecule has 3 aromatic rings. The molecule has 0 spiro atoms. The molecule has 0 unspecified atom stereocenters. The molecule has 0 N–H and O–H groups in total. The van der Waals surface area contributed by atoms with Crippen LogP contribution >= 0.6 is 11.3 Å². The molecule has 0 amide bonds. The molecule has 1 saturated heterocycles. The number of benzene rings is 2. The van der Waals surface area contributed by atoms with Crippen LogP contribution in [0, 0.1) is 12.8 Å². The molecule has 5 rings (SSSR count). The highest BCUT2D eigenvalue weighted by molar-refractivity contribution is 7.17. The molecular weight excluding hydrogens is 400 g/mol. The Morgan fingerprint density at radius 1 is 0.742 bits per heavy atom. The second-order valence-electron chi connectivity index (χ2n) is 9.26. The first-order chi connectivity index (χ1) is 15.2. The van der Waals surface area contributed by atoms with E-state index in [4.69, 9.17) is 0 Å². The molecule has 2 aliphatic rings. The molecule has 0 bridgehead atoms. The van der Waals surface area contributed by atoms with E-state index in [1.807, 2.05) is 0 Å². The molecule has 0 radical (unpaired) electrons. The molecule has 1 aromatic heterocycles. The van der Waals surface area contributed by atoms with Gasteiger partial charge in [-0.05, 0) is 62.8 Å². The molecule has 2 fully saturated rings. The summed E-state index contributed by atoms with van der Waals surface area (Å²) in [4.78, 5) is 5.27. The van der Waals surface area contributed by atoms with E-state index in [1.54, 1.807) is 11.3 Å². The van der Waals surface area contributed by atoms with E-state index in [0.29, 0.717) is 0 Å².